The second kappa shape index (κ2) is 5.47. The van der Waals surface area contributed by atoms with Crippen molar-refractivity contribution in [2.75, 3.05) is 24.5 Å². The largest absolute Gasteiger partial charge is 0.368 e. The van der Waals surface area contributed by atoms with Gasteiger partial charge in [0.05, 0.1) is 11.2 Å². The highest BCUT2D eigenvalue weighted by Gasteiger charge is 2.16. The minimum absolute atomic E-state index is 0.521. The van der Waals surface area contributed by atoms with Gasteiger partial charge in [0.15, 0.2) is 0 Å². The monoisotopic (exact) mass is 319 g/mol. The van der Waals surface area contributed by atoms with E-state index in [4.69, 9.17) is 0 Å². The Labute approximate surface area is 122 Å². The summed E-state index contributed by atoms with van der Waals surface area (Å²) in [5, 5.41) is 4.72. The van der Waals surface area contributed by atoms with Crippen LogP contribution in [-0.2, 0) is 0 Å². The SMILES string of the molecule is CC1CN(c2cccc3cc(Br)cnc23)CCCN1. The highest BCUT2D eigenvalue weighted by molar-refractivity contribution is 9.10. The molecule has 1 fully saturated rings. The van der Waals surface area contributed by atoms with E-state index in [1.807, 2.05) is 6.20 Å². The third-order valence-corrected chi connectivity index (χ3v) is 4.02. The summed E-state index contributed by atoms with van der Waals surface area (Å²) < 4.78 is 1.03. The summed E-state index contributed by atoms with van der Waals surface area (Å²) in [5.74, 6) is 0. The zero-order valence-electron chi connectivity index (χ0n) is 11.1. The van der Waals surface area contributed by atoms with Gasteiger partial charge in [-0.3, -0.25) is 4.98 Å². The topological polar surface area (TPSA) is 28.2 Å². The number of nitrogens with one attached hydrogen (secondary N) is 1. The molecule has 3 rings (SSSR count). The third-order valence-electron chi connectivity index (χ3n) is 3.59. The van der Waals surface area contributed by atoms with E-state index in [1.54, 1.807) is 0 Å². The molecule has 0 saturated carbocycles. The maximum absolute atomic E-state index is 4.60. The van der Waals surface area contributed by atoms with Crippen molar-refractivity contribution in [3.05, 3.63) is 34.9 Å². The number of nitrogens with zero attached hydrogens (tertiary/aromatic N) is 2. The maximum atomic E-state index is 4.60. The summed E-state index contributed by atoms with van der Waals surface area (Å²) in [4.78, 5) is 7.05. The van der Waals surface area contributed by atoms with Crippen molar-refractivity contribution in [2.45, 2.75) is 19.4 Å². The van der Waals surface area contributed by atoms with Gasteiger partial charge in [0, 0.05) is 35.2 Å². The normalized spacial score (nSPS) is 20.5. The van der Waals surface area contributed by atoms with Crippen LogP contribution in [0.2, 0.25) is 0 Å². The second-order valence-corrected chi connectivity index (χ2v) is 6.07. The fraction of sp³-hybridized carbons (Fsp3) is 0.400. The standard InChI is InChI=1S/C15H18BrN3/c1-11-10-19(7-3-6-17-11)14-5-2-4-12-8-13(16)9-18-15(12)14/h2,4-5,8-9,11,17H,3,6-7,10H2,1H3. The van der Waals surface area contributed by atoms with Crippen LogP contribution in [0, 0.1) is 0 Å². The van der Waals surface area contributed by atoms with Gasteiger partial charge in [-0.15, -0.1) is 0 Å². The van der Waals surface area contributed by atoms with Crippen LogP contribution in [0.15, 0.2) is 34.9 Å². The summed E-state index contributed by atoms with van der Waals surface area (Å²) in [6.07, 6.45) is 3.06. The summed E-state index contributed by atoms with van der Waals surface area (Å²) in [6.45, 7) is 5.47. The molecule has 1 atom stereocenters. The van der Waals surface area contributed by atoms with E-state index >= 15 is 0 Å². The Kier molecular flexibility index (Phi) is 3.71. The first-order chi connectivity index (χ1) is 9.24. The molecule has 1 saturated heterocycles. The van der Waals surface area contributed by atoms with Crippen molar-refractivity contribution in [1.82, 2.24) is 10.3 Å². The first-order valence-corrected chi connectivity index (χ1v) is 7.56. The van der Waals surface area contributed by atoms with E-state index in [0.29, 0.717) is 6.04 Å². The molecule has 0 aliphatic carbocycles. The summed E-state index contributed by atoms with van der Waals surface area (Å²) in [7, 11) is 0. The molecule has 100 valence electrons. The number of hydrogen-bond acceptors (Lipinski definition) is 3. The van der Waals surface area contributed by atoms with Crippen molar-refractivity contribution < 1.29 is 0 Å². The predicted octanol–water partition coefficient (Wildman–Crippen LogP) is 3.19. The van der Waals surface area contributed by atoms with Gasteiger partial charge in [0.2, 0.25) is 0 Å². The van der Waals surface area contributed by atoms with Gasteiger partial charge < -0.3 is 10.2 Å². The Balaban J connectivity index is 2.03. The number of benzene rings is 1. The van der Waals surface area contributed by atoms with Crippen molar-refractivity contribution in [2.24, 2.45) is 0 Å². The number of anilines is 1. The molecular formula is C15H18BrN3. The van der Waals surface area contributed by atoms with Crippen LogP contribution < -0.4 is 10.2 Å². The van der Waals surface area contributed by atoms with Crippen molar-refractivity contribution in [1.29, 1.82) is 0 Å². The van der Waals surface area contributed by atoms with E-state index < -0.39 is 0 Å². The van der Waals surface area contributed by atoms with Crippen LogP contribution in [0.3, 0.4) is 0 Å². The van der Waals surface area contributed by atoms with Crippen LogP contribution in [0.4, 0.5) is 5.69 Å². The van der Waals surface area contributed by atoms with E-state index in [2.05, 4.69) is 62.3 Å². The Bertz CT molecular complexity index is 585. The average Bonchev–Trinajstić information content (AvgIpc) is 2.62. The van der Waals surface area contributed by atoms with Gasteiger partial charge in [-0.1, -0.05) is 12.1 Å². The van der Waals surface area contributed by atoms with Gasteiger partial charge in [-0.25, -0.2) is 0 Å². The fourth-order valence-corrected chi connectivity index (χ4v) is 3.05. The lowest BCUT2D eigenvalue weighted by molar-refractivity contribution is 0.585. The van der Waals surface area contributed by atoms with Crippen molar-refractivity contribution >= 4 is 32.5 Å². The smallest absolute Gasteiger partial charge is 0.0936 e. The Morgan fingerprint density at radius 1 is 1.42 bits per heavy atom. The van der Waals surface area contributed by atoms with E-state index in [-0.39, 0.29) is 0 Å². The number of para-hydroxylation sites is 1. The highest BCUT2D eigenvalue weighted by atomic mass is 79.9. The van der Waals surface area contributed by atoms with Crippen LogP contribution in [0.5, 0.6) is 0 Å². The number of fused-ring (bicyclic) bond motifs is 1. The number of rotatable bonds is 1. The summed E-state index contributed by atoms with van der Waals surface area (Å²) >= 11 is 3.49. The lowest BCUT2D eigenvalue weighted by Crippen LogP contribution is -2.35. The summed E-state index contributed by atoms with van der Waals surface area (Å²) in [5.41, 5.74) is 2.35. The molecule has 2 heterocycles. The molecule has 1 unspecified atom stereocenters. The molecule has 1 aromatic carbocycles. The molecule has 1 N–H and O–H groups in total. The molecule has 0 bridgehead atoms. The Morgan fingerprint density at radius 2 is 2.32 bits per heavy atom. The number of hydrogen-bond donors (Lipinski definition) is 1. The number of pyridine rings is 1. The first-order valence-electron chi connectivity index (χ1n) is 6.76. The average molecular weight is 320 g/mol. The minimum atomic E-state index is 0.521. The molecule has 1 aliphatic heterocycles. The molecule has 2 aromatic rings. The van der Waals surface area contributed by atoms with Gasteiger partial charge in [-0.05, 0) is 48.0 Å². The zero-order valence-corrected chi connectivity index (χ0v) is 12.7. The van der Waals surface area contributed by atoms with Crippen LogP contribution in [0.1, 0.15) is 13.3 Å². The van der Waals surface area contributed by atoms with E-state index in [0.717, 1.165) is 29.6 Å². The van der Waals surface area contributed by atoms with Crippen molar-refractivity contribution in [3.8, 4) is 0 Å². The van der Waals surface area contributed by atoms with Crippen molar-refractivity contribution in [3.63, 3.8) is 0 Å². The molecule has 0 amide bonds. The van der Waals surface area contributed by atoms with Crippen LogP contribution >= 0.6 is 15.9 Å². The molecule has 1 aliphatic rings. The summed E-state index contributed by atoms with van der Waals surface area (Å²) in [6, 6.07) is 9.07. The predicted molar refractivity (Wildman–Crippen MR) is 83.7 cm³/mol. The third kappa shape index (κ3) is 2.74. The number of halogens is 1. The molecule has 1 aromatic heterocycles. The molecule has 4 heteroatoms. The molecule has 19 heavy (non-hydrogen) atoms. The lowest BCUT2D eigenvalue weighted by atomic mass is 10.1. The quantitative estimate of drug-likeness (QED) is 0.875. The zero-order chi connectivity index (χ0) is 13.2. The van der Waals surface area contributed by atoms with Gasteiger partial charge in [-0.2, -0.15) is 0 Å². The van der Waals surface area contributed by atoms with Gasteiger partial charge >= 0.3 is 0 Å². The van der Waals surface area contributed by atoms with Crippen LogP contribution in [0.25, 0.3) is 10.9 Å². The number of aromatic nitrogens is 1. The molecule has 0 spiro atoms. The highest BCUT2D eigenvalue weighted by Crippen LogP contribution is 2.27. The van der Waals surface area contributed by atoms with E-state index in [1.165, 1.54) is 17.5 Å². The van der Waals surface area contributed by atoms with Gasteiger partial charge in [0.25, 0.3) is 0 Å². The maximum Gasteiger partial charge on any atom is 0.0936 e. The molecule has 0 radical (unpaired) electrons. The lowest BCUT2D eigenvalue weighted by Gasteiger charge is -2.25. The minimum Gasteiger partial charge on any atom is -0.368 e. The van der Waals surface area contributed by atoms with Gasteiger partial charge in [0.1, 0.15) is 0 Å². The van der Waals surface area contributed by atoms with E-state index in [9.17, 15) is 0 Å². The fourth-order valence-electron chi connectivity index (χ4n) is 2.70. The molecule has 3 nitrogen and oxygen atoms in total. The Hall–Kier alpha value is -1.13. The molecular weight excluding hydrogens is 302 g/mol. The second-order valence-electron chi connectivity index (χ2n) is 5.16. The van der Waals surface area contributed by atoms with Crippen LogP contribution in [-0.4, -0.2) is 30.7 Å². The Morgan fingerprint density at radius 3 is 3.21 bits per heavy atom. The first kappa shape index (κ1) is 12.9.